The molecule has 1 aromatic carbocycles. The number of halogens is 1. The number of aromatic nitrogens is 1. The minimum atomic E-state index is -3.56. The molecule has 0 unspecified atom stereocenters. The summed E-state index contributed by atoms with van der Waals surface area (Å²) in [5.74, 6) is 1.42. The molecule has 9 nitrogen and oxygen atoms in total. The normalized spacial score (nSPS) is 18.1. The topological polar surface area (TPSA) is 92.3 Å². The first-order chi connectivity index (χ1) is 17.3. The van der Waals surface area contributed by atoms with E-state index in [1.165, 1.54) is 10.4 Å². The van der Waals surface area contributed by atoms with Gasteiger partial charge >= 0.3 is 0 Å². The van der Waals surface area contributed by atoms with Crippen molar-refractivity contribution in [3.05, 3.63) is 28.6 Å². The molecule has 194 valence electrons. The summed E-state index contributed by atoms with van der Waals surface area (Å²) in [7, 11) is -0.293. The number of fused-ring (bicyclic) bond motifs is 1. The number of carbonyl (C=O) groups excluding carboxylic acids is 1. The van der Waals surface area contributed by atoms with E-state index in [1.807, 2.05) is 17.0 Å². The fourth-order valence-electron chi connectivity index (χ4n) is 4.69. The van der Waals surface area contributed by atoms with Crippen LogP contribution in [0.5, 0.6) is 11.5 Å². The number of piperazine rings is 1. The van der Waals surface area contributed by atoms with Gasteiger partial charge in [-0.25, -0.2) is 13.4 Å². The number of carbonyl (C=O) groups is 1. The summed E-state index contributed by atoms with van der Waals surface area (Å²) < 4.78 is 39.8. The summed E-state index contributed by atoms with van der Waals surface area (Å²) in [6.45, 7) is 3.25. The number of benzene rings is 1. The maximum Gasteiger partial charge on any atom is 0.252 e. The third-order valence-electron chi connectivity index (χ3n) is 6.71. The van der Waals surface area contributed by atoms with E-state index in [1.54, 1.807) is 31.6 Å². The van der Waals surface area contributed by atoms with Crippen LogP contribution in [0.15, 0.2) is 28.5 Å². The second kappa shape index (κ2) is 10.3. The van der Waals surface area contributed by atoms with Gasteiger partial charge in [0.15, 0.2) is 5.13 Å². The van der Waals surface area contributed by atoms with Crippen LogP contribution in [-0.2, 0) is 14.8 Å². The van der Waals surface area contributed by atoms with E-state index in [-0.39, 0.29) is 16.0 Å². The van der Waals surface area contributed by atoms with Crippen LogP contribution in [0.2, 0.25) is 4.34 Å². The highest BCUT2D eigenvalue weighted by Crippen LogP contribution is 2.40. The Labute approximate surface area is 223 Å². The van der Waals surface area contributed by atoms with Crippen LogP contribution in [0, 0.1) is 5.92 Å². The van der Waals surface area contributed by atoms with E-state index in [4.69, 9.17) is 26.1 Å². The molecule has 3 aromatic rings. The Bertz CT molecular complexity index is 1320. The summed E-state index contributed by atoms with van der Waals surface area (Å²) in [6, 6.07) is 6.87. The van der Waals surface area contributed by atoms with Gasteiger partial charge in [0.2, 0.25) is 5.91 Å². The molecule has 13 heteroatoms. The molecule has 0 atom stereocenters. The first-order valence-corrected chi connectivity index (χ1v) is 15.1. The van der Waals surface area contributed by atoms with Crippen molar-refractivity contribution in [2.75, 3.05) is 58.4 Å². The molecule has 2 aliphatic heterocycles. The van der Waals surface area contributed by atoms with Crippen molar-refractivity contribution in [1.29, 1.82) is 0 Å². The molecular formula is C23H27ClN4O5S3. The molecule has 0 aliphatic carbocycles. The number of hydrogen-bond acceptors (Lipinski definition) is 9. The van der Waals surface area contributed by atoms with Crippen LogP contribution < -0.4 is 14.4 Å². The van der Waals surface area contributed by atoms with Crippen LogP contribution in [0.1, 0.15) is 12.8 Å². The molecular weight excluding hydrogens is 544 g/mol. The standard InChI is InChI=1S/C23H27ClN4O5S3/c1-32-16-3-4-17(33-2)21-20(16)25-23(35-21)27-13-11-26(12-14-27)22(29)15-7-9-28(10-8-15)36(30,31)19-6-5-18(24)34-19/h3-6,15H,7-14H2,1-2H3. The van der Waals surface area contributed by atoms with Gasteiger partial charge in [-0.3, -0.25) is 4.79 Å². The highest BCUT2D eigenvalue weighted by atomic mass is 35.5. The van der Waals surface area contributed by atoms with Gasteiger partial charge in [0.05, 0.1) is 18.6 Å². The molecule has 2 aliphatic rings. The molecule has 2 fully saturated rings. The molecule has 36 heavy (non-hydrogen) atoms. The molecule has 0 bridgehead atoms. The molecule has 0 spiro atoms. The third kappa shape index (κ3) is 4.76. The Morgan fingerprint density at radius 2 is 1.64 bits per heavy atom. The summed E-state index contributed by atoms with van der Waals surface area (Å²) >= 11 is 8.54. The Morgan fingerprint density at radius 1 is 0.972 bits per heavy atom. The molecule has 0 saturated carbocycles. The zero-order chi connectivity index (χ0) is 25.4. The largest absolute Gasteiger partial charge is 0.495 e. The van der Waals surface area contributed by atoms with Crippen LogP contribution in [-0.4, -0.2) is 82.0 Å². The van der Waals surface area contributed by atoms with Crippen molar-refractivity contribution in [3.63, 3.8) is 0 Å². The van der Waals surface area contributed by atoms with Crippen LogP contribution in [0.25, 0.3) is 10.2 Å². The van der Waals surface area contributed by atoms with E-state index in [0.717, 1.165) is 32.4 Å². The Morgan fingerprint density at radius 3 is 2.25 bits per heavy atom. The summed E-state index contributed by atoms with van der Waals surface area (Å²) in [5.41, 5.74) is 0.780. The number of piperidine rings is 1. The lowest BCUT2D eigenvalue weighted by atomic mass is 9.96. The number of thiazole rings is 1. The SMILES string of the molecule is COc1ccc(OC)c2sc(N3CCN(C(=O)C4CCN(S(=O)(=O)c5ccc(Cl)s5)CC4)CC3)nc12. The average Bonchev–Trinajstić information content (AvgIpc) is 3.55. The van der Waals surface area contributed by atoms with Gasteiger partial charge in [-0.05, 0) is 37.1 Å². The smallest absolute Gasteiger partial charge is 0.252 e. The number of rotatable bonds is 6. The summed E-state index contributed by atoms with van der Waals surface area (Å²) in [5, 5.41) is 0.882. The zero-order valence-corrected chi connectivity index (χ0v) is 23.2. The predicted molar refractivity (Wildman–Crippen MR) is 142 cm³/mol. The van der Waals surface area contributed by atoms with Crippen molar-refractivity contribution in [2.24, 2.45) is 5.92 Å². The lowest BCUT2D eigenvalue weighted by Crippen LogP contribution is -2.52. The number of thiophene rings is 1. The first kappa shape index (κ1) is 25.5. The Balaban J connectivity index is 1.19. The lowest BCUT2D eigenvalue weighted by molar-refractivity contribution is -0.137. The number of methoxy groups -OCH3 is 2. The molecule has 2 saturated heterocycles. The van der Waals surface area contributed by atoms with E-state index in [2.05, 4.69) is 4.90 Å². The Hall–Kier alpha value is -2.12. The van der Waals surface area contributed by atoms with Gasteiger partial charge < -0.3 is 19.3 Å². The van der Waals surface area contributed by atoms with Gasteiger partial charge in [0, 0.05) is 45.2 Å². The summed E-state index contributed by atoms with van der Waals surface area (Å²) in [6.07, 6.45) is 1.05. The zero-order valence-electron chi connectivity index (χ0n) is 20.0. The van der Waals surface area contributed by atoms with Crippen LogP contribution in [0.3, 0.4) is 0 Å². The molecule has 5 rings (SSSR count). The van der Waals surface area contributed by atoms with Gasteiger partial charge in [0.1, 0.15) is 25.9 Å². The number of hydrogen-bond donors (Lipinski definition) is 0. The molecule has 2 aromatic heterocycles. The number of nitrogens with zero attached hydrogens (tertiary/aromatic N) is 4. The number of sulfonamides is 1. The number of anilines is 1. The maximum absolute atomic E-state index is 13.2. The average molecular weight is 571 g/mol. The molecule has 4 heterocycles. The maximum atomic E-state index is 13.2. The molecule has 0 radical (unpaired) electrons. The van der Waals surface area contributed by atoms with Crippen molar-refractivity contribution in [3.8, 4) is 11.5 Å². The Kier molecular flexibility index (Phi) is 7.32. The van der Waals surface area contributed by atoms with E-state index >= 15 is 0 Å². The van der Waals surface area contributed by atoms with Gasteiger partial charge in [-0.2, -0.15) is 4.31 Å². The van der Waals surface area contributed by atoms with Gasteiger partial charge in [0.25, 0.3) is 10.0 Å². The predicted octanol–water partition coefficient (Wildman–Crippen LogP) is 3.78. The molecule has 1 amide bonds. The monoisotopic (exact) mass is 570 g/mol. The highest BCUT2D eigenvalue weighted by molar-refractivity contribution is 7.91. The van der Waals surface area contributed by atoms with Crippen LogP contribution in [0.4, 0.5) is 5.13 Å². The van der Waals surface area contributed by atoms with E-state index in [0.29, 0.717) is 62.2 Å². The second-order valence-corrected chi connectivity index (χ2v) is 13.6. The van der Waals surface area contributed by atoms with Crippen molar-refractivity contribution in [1.82, 2.24) is 14.2 Å². The first-order valence-electron chi connectivity index (χ1n) is 11.6. The van der Waals surface area contributed by atoms with Crippen molar-refractivity contribution in [2.45, 2.75) is 17.1 Å². The second-order valence-electron chi connectivity index (χ2n) is 8.69. The molecule has 0 N–H and O–H groups in total. The summed E-state index contributed by atoms with van der Waals surface area (Å²) in [4.78, 5) is 22.1. The highest BCUT2D eigenvalue weighted by Gasteiger charge is 2.35. The minimum absolute atomic E-state index is 0.110. The fraction of sp³-hybridized carbons (Fsp3) is 0.478. The quantitative estimate of drug-likeness (QED) is 0.445. The van der Waals surface area contributed by atoms with E-state index in [9.17, 15) is 13.2 Å². The van der Waals surface area contributed by atoms with Gasteiger partial charge in [-0.15, -0.1) is 11.3 Å². The van der Waals surface area contributed by atoms with Crippen molar-refractivity contribution < 1.29 is 22.7 Å². The van der Waals surface area contributed by atoms with Gasteiger partial charge in [-0.1, -0.05) is 22.9 Å². The third-order valence-corrected chi connectivity index (χ3v) is 11.4. The van der Waals surface area contributed by atoms with Crippen molar-refractivity contribution >= 4 is 65.6 Å². The minimum Gasteiger partial charge on any atom is -0.495 e. The van der Waals surface area contributed by atoms with E-state index < -0.39 is 10.0 Å². The number of ether oxygens (including phenoxy) is 2. The van der Waals surface area contributed by atoms with Crippen LogP contribution >= 0.6 is 34.3 Å². The fourth-order valence-corrected chi connectivity index (χ4v) is 8.93. The number of amides is 1. The lowest BCUT2D eigenvalue weighted by Gasteiger charge is -2.38.